The summed E-state index contributed by atoms with van der Waals surface area (Å²) in [6, 6.07) is 15.9. The molecule has 4 N–H and O–H groups in total. The number of aryl methyl sites for hydroxylation is 2. The van der Waals surface area contributed by atoms with Crippen LogP contribution in [0.3, 0.4) is 0 Å². The third-order valence-electron chi connectivity index (χ3n) is 6.64. The summed E-state index contributed by atoms with van der Waals surface area (Å²) in [5, 5.41) is 16.8. The summed E-state index contributed by atoms with van der Waals surface area (Å²) in [5.74, 6) is -2.15. The fraction of sp³-hybridized carbons (Fsp3) is 0.267. The number of aliphatic hydroxyl groups excluding tert-OH is 1. The van der Waals surface area contributed by atoms with E-state index in [1.807, 2.05) is 18.2 Å². The maximum Gasteiger partial charge on any atom is 0.295 e. The van der Waals surface area contributed by atoms with Crippen LogP contribution in [0.25, 0.3) is 0 Å². The van der Waals surface area contributed by atoms with Gasteiger partial charge in [0.15, 0.2) is 0 Å². The van der Waals surface area contributed by atoms with E-state index in [0.29, 0.717) is 6.54 Å². The lowest BCUT2D eigenvalue weighted by Gasteiger charge is -2.25. The molecular formula is C30H33F2N5O4S. The topological polar surface area (TPSA) is 125 Å². The largest absolute Gasteiger partial charge is 0.390 e. The first-order chi connectivity index (χ1) is 20.0. The third-order valence-corrected chi connectivity index (χ3v) is 8.01. The molecule has 0 bridgehead atoms. The van der Waals surface area contributed by atoms with Gasteiger partial charge in [-0.25, -0.2) is 13.8 Å². The molecule has 0 aliphatic rings. The Morgan fingerprint density at radius 1 is 1.00 bits per heavy atom. The van der Waals surface area contributed by atoms with Gasteiger partial charge in [-0.1, -0.05) is 37.3 Å². The molecule has 0 fully saturated rings. The monoisotopic (exact) mass is 597 g/mol. The molecule has 0 radical (unpaired) electrons. The summed E-state index contributed by atoms with van der Waals surface area (Å²) in [4.78, 5) is 17.1. The number of halogens is 2. The molecule has 4 aromatic rings. The summed E-state index contributed by atoms with van der Waals surface area (Å²) >= 11 is 0. The SMILES string of the molecule is CCc1cccc(CNC[C@@H](O)[C@H](Cc2cc(F)cc(F)c2)NC(=O)c2cccc(NS(=O)(=O)c3nccn3C)c2)c1. The number of aliphatic hydroxyl groups is 1. The van der Waals surface area contributed by atoms with Crippen LogP contribution in [0.2, 0.25) is 0 Å². The average Bonchev–Trinajstić information content (AvgIpc) is 3.39. The van der Waals surface area contributed by atoms with E-state index < -0.39 is 39.7 Å². The highest BCUT2D eigenvalue weighted by molar-refractivity contribution is 7.92. The maximum absolute atomic E-state index is 13.9. The molecule has 0 spiro atoms. The van der Waals surface area contributed by atoms with Gasteiger partial charge >= 0.3 is 0 Å². The normalized spacial score (nSPS) is 13.0. The zero-order chi connectivity index (χ0) is 30.3. The number of aromatic nitrogens is 2. The van der Waals surface area contributed by atoms with Crippen molar-refractivity contribution in [2.75, 3.05) is 11.3 Å². The lowest BCUT2D eigenvalue weighted by Crippen LogP contribution is -2.48. The predicted molar refractivity (Wildman–Crippen MR) is 155 cm³/mol. The second-order valence-corrected chi connectivity index (χ2v) is 11.5. The van der Waals surface area contributed by atoms with Crippen LogP contribution in [0.1, 0.15) is 34.0 Å². The molecule has 9 nitrogen and oxygen atoms in total. The van der Waals surface area contributed by atoms with Crippen LogP contribution in [-0.4, -0.2) is 47.7 Å². The van der Waals surface area contributed by atoms with Gasteiger partial charge in [-0.3, -0.25) is 9.52 Å². The van der Waals surface area contributed by atoms with E-state index in [9.17, 15) is 27.1 Å². The standard InChI is InChI=1S/C30H33F2N5O4S/c1-3-20-6-4-7-21(12-20)18-33-19-28(38)27(15-22-13-24(31)17-25(32)14-22)35-29(39)23-8-5-9-26(16-23)36-42(40,41)30-34-10-11-37(30)2/h4-14,16-17,27-28,33,36,38H,3,15,18-19H2,1-2H3,(H,35,39)/t27-,28+/m0/s1. The lowest BCUT2D eigenvalue weighted by atomic mass is 10.00. The molecule has 0 aliphatic heterocycles. The smallest absolute Gasteiger partial charge is 0.295 e. The van der Waals surface area contributed by atoms with E-state index in [1.54, 1.807) is 7.05 Å². The van der Waals surface area contributed by atoms with Crippen LogP contribution in [0.15, 0.2) is 84.3 Å². The lowest BCUT2D eigenvalue weighted by molar-refractivity contribution is 0.0830. The molecule has 0 saturated heterocycles. The Kier molecular flexibility index (Phi) is 10.0. The van der Waals surface area contributed by atoms with Crippen LogP contribution < -0.4 is 15.4 Å². The summed E-state index contributed by atoms with van der Waals surface area (Å²) in [7, 11) is -2.48. The summed E-state index contributed by atoms with van der Waals surface area (Å²) in [6.45, 7) is 2.62. The van der Waals surface area contributed by atoms with Gasteiger partial charge in [0, 0.05) is 49.8 Å². The summed E-state index contributed by atoms with van der Waals surface area (Å²) < 4.78 is 57.0. The molecule has 1 aromatic heterocycles. The number of anilines is 1. The Hall–Kier alpha value is -4.13. The zero-order valence-electron chi connectivity index (χ0n) is 23.2. The molecule has 42 heavy (non-hydrogen) atoms. The van der Waals surface area contributed by atoms with Gasteiger partial charge in [0.1, 0.15) is 11.6 Å². The molecule has 0 saturated carbocycles. The molecule has 4 rings (SSSR count). The van der Waals surface area contributed by atoms with Crippen molar-refractivity contribution in [3.8, 4) is 0 Å². The predicted octanol–water partition coefficient (Wildman–Crippen LogP) is 3.55. The molecule has 3 aromatic carbocycles. The summed E-state index contributed by atoms with van der Waals surface area (Å²) in [5.41, 5.74) is 2.70. The molecule has 222 valence electrons. The minimum Gasteiger partial charge on any atom is -0.390 e. The van der Waals surface area contributed by atoms with Gasteiger partial charge < -0.3 is 20.3 Å². The maximum atomic E-state index is 13.9. The fourth-order valence-corrected chi connectivity index (χ4v) is 5.69. The first-order valence-electron chi connectivity index (χ1n) is 13.4. The van der Waals surface area contributed by atoms with Gasteiger partial charge in [-0.05, 0) is 59.9 Å². The van der Waals surface area contributed by atoms with Crippen LogP contribution >= 0.6 is 0 Å². The van der Waals surface area contributed by atoms with Crippen LogP contribution in [0.4, 0.5) is 14.5 Å². The van der Waals surface area contributed by atoms with Crippen molar-refractivity contribution in [1.29, 1.82) is 0 Å². The Balaban J connectivity index is 1.49. The van der Waals surface area contributed by atoms with E-state index in [1.165, 1.54) is 46.8 Å². The quantitative estimate of drug-likeness (QED) is 0.187. The van der Waals surface area contributed by atoms with Gasteiger partial charge in [-0.15, -0.1) is 0 Å². The number of hydrogen-bond acceptors (Lipinski definition) is 6. The van der Waals surface area contributed by atoms with Crippen molar-refractivity contribution in [1.82, 2.24) is 20.2 Å². The second-order valence-electron chi connectivity index (χ2n) is 9.94. The van der Waals surface area contributed by atoms with Gasteiger partial charge in [0.2, 0.25) is 5.16 Å². The van der Waals surface area contributed by atoms with E-state index >= 15 is 0 Å². The number of imidazole rings is 1. The highest BCUT2D eigenvalue weighted by Gasteiger charge is 2.24. The Morgan fingerprint density at radius 3 is 2.40 bits per heavy atom. The van der Waals surface area contributed by atoms with Crippen LogP contribution in [0, 0.1) is 11.6 Å². The van der Waals surface area contributed by atoms with Crippen molar-refractivity contribution < 1.29 is 27.1 Å². The highest BCUT2D eigenvalue weighted by Crippen LogP contribution is 2.17. The first kappa shape index (κ1) is 30.8. The van der Waals surface area contributed by atoms with Crippen molar-refractivity contribution >= 4 is 21.6 Å². The van der Waals surface area contributed by atoms with Crippen molar-refractivity contribution in [3.05, 3.63) is 113 Å². The first-order valence-corrected chi connectivity index (χ1v) is 14.8. The second kappa shape index (κ2) is 13.7. The molecule has 1 heterocycles. The minimum absolute atomic E-state index is 0.0555. The molecular weight excluding hydrogens is 564 g/mol. The van der Waals surface area contributed by atoms with E-state index in [4.69, 9.17) is 0 Å². The number of rotatable bonds is 13. The van der Waals surface area contributed by atoms with Crippen molar-refractivity contribution in [3.63, 3.8) is 0 Å². The third kappa shape index (κ3) is 8.21. The molecule has 12 heteroatoms. The molecule has 0 unspecified atom stereocenters. The number of amides is 1. The number of benzene rings is 3. The fourth-order valence-electron chi connectivity index (χ4n) is 4.52. The average molecular weight is 598 g/mol. The number of nitrogens with zero attached hydrogens (tertiary/aromatic N) is 2. The minimum atomic E-state index is -4.02. The van der Waals surface area contributed by atoms with Gasteiger partial charge in [0.25, 0.3) is 15.9 Å². The number of nitrogens with one attached hydrogen (secondary N) is 3. The Bertz CT molecular complexity index is 1620. The highest BCUT2D eigenvalue weighted by atomic mass is 32.2. The van der Waals surface area contributed by atoms with E-state index in [0.717, 1.165) is 30.2 Å². The van der Waals surface area contributed by atoms with Crippen molar-refractivity contribution in [2.24, 2.45) is 7.05 Å². The zero-order valence-corrected chi connectivity index (χ0v) is 24.0. The van der Waals surface area contributed by atoms with Gasteiger partial charge in [-0.2, -0.15) is 8.42 Å². The number of hydrogen-bond donors (Lipinski definition) is 4. The van der Waals surface area contributed by atoms with E-state index in [2.05, 4.69) is 33.3 Å². The van der Waals surface area contributed by atoms with Crippen molar-refractivity contribution in [2.45, 2.75) is 43.6 Å². The molecule has 1 amide bonds. The number of sulfonamides is 1. The van der Waals surface area contributed by atoms with Crippen LogP contribution in [-0.2, 0) is 36.5 Å². The van der Waals surface area contributed by atoms with Crippen LogP contribution in [0.5, 0.6) is 0 Å². The number of carbonyl (C=O) groups is 1. The Morgan fingerprint density at radius 2 is 1.71 bits per heavy atom. The molecule has 0 aliphatic carbocycles. The molecule has 2 atom stereocenters. The van der Waals surface area contributed by atoms with E-state index in [-0.39, 0.29) is 34.9 Å². The summed E-state index contributed by atoms with van der Waals surface area (Å²) in [6.07, 6.45) is 2.55. The van der Waals surface area contributed by atoms with Gasteiger partial charge in [0.05, 0.1) is 12.1 Å². The Labute approximate surface area is 243 Å². The number of carbonyl (C=O) groups excluding carboxylic acids is 1.